The molecule has 0 aliphatic rings. The van der Waals surface area contributed by atoms with Crippen molar-refractivity contribution in [3.8, 4) is 0 Å². The summed E-state index contributed by atoms with van der Waals surface area (Å²) >= 11 is 0. The van der Waals surface area contributed by atoms with Gasteiger partial charge in [-0.15, -0.1) is 0 Å². The van der Waals surface area contributed by atoms with Crippen LogP contribution in [-0.4, -0.2) is 54.7 Å². The maximum Gasteiger partial charge on any atom is 0.261 e. The monoisotopic (exact) mass is 547 g/mol. The minimum atomic E-state index is -3.67. The molecule has 1 amide bonds. The quantitative estimate of drug-likeness (QED) is 0.221. The number of nitrogens with one attached hydrogen (secondary N) is 2. The molecule has 0 saturated heterocycles. The predicted molar refractivity (Wildman–Crippen MR) is 154 cm³/mol. The predicted octanol–water partition coefficient (Wildman–Crippen LogP) is 6.63. The number of H-pyrrole nitrogens is 1. The number of hydrogen-bond donors (Lipinski definition) is 3. The molecule has 0 spiro atoms. The summed E-state index contributed by atoms with van der Waals surface area (Å²) in [5.74, 6) is -0.191. The van der Waals surface area contributed by atoms with Gasteiger partial charge in [0.25, 0.3) is 16.0 Å². The fourth-order valence-corrected chi connectivity index (χ4v) is 4.28. The van der Waals surface area contributed by atoms with Gasteiger partial charge in [-0.2, -0.15) is 8.42 Å². The average Bonchev–Trinajstić information content (AvgIpc) is 3.21. The Hall–Kier alpha value is -2.75. The van der Waals surface area contributed by atoms with E-state index in [0.717, 1.165) is 37.3 Å². The number of nitrogens with zero attached hydrogens (tertiary/aromatic N) is 1. The lowest BCUT2D eigenvalue weighted by Gasteiger charge is -2.22. The molecule has 7 nitrogen and oxygen atoms in total. The molecule has 210 valence electrons. The summed E-state index contributed by atoms with van der Waals surface area (Å²) in [4.78, 5) is 18.8. The SMILES string of the molecule is CCCCN(CCCC)CCc1c(C(C)C)[nH]c2ccc(NC(=O)c3ccc(F)cc3)cc12.CS(=O)(=O)O. The molecule has 0 atom stereocenters. The fraction of sp³-hybridized carbons (Fsp3) is 0.483. The molecule has 38 heavy (non-hydrogen) atoms. The fourth-order valence-electron chi connectivity index (χ4n) is 4.28. The number of unbranched alkanes of at least 4 members (excludes halogenated alkanes) is 2. The molecule has 1 heterocycles. The molecule has 0 bridgehead atoms. The minimum absolute atomic E-state index is 0.235. The molecule has 2 aromatic carbocycles. The zero-order chi connectivity index (χ0) is 28.3. The lowest BCUT2D eigenvalue weighted by Crippen LogP contribution is -2.28. The van der Waals surface area contributed by atoms with Gasteiger partial charge >= 0.3 is 0 Å². The Morgan fingerprint density at radius 1 is 1.03 bits per heavy atom. The van der Waals surface area contributed by atoms with Gasteiger partial charge < -0.3 is 15.2 Å². The van der Waals surface area contributed by atoms with Crippen molar-refractivity contribution in [2.24, 2.45) is 0 Å². The van der Waals surface area contributed by atoms with Crippen LogP contribution in [0, 0.1) is 5.82 Å². The molecule has 3 aromatic rings. The smallest absolute Gasteiger partial charge is 0.261 e. The summed E-state index contributed by atoms with van der Waals surface area (Å²) in [6.07, 6.45) is 6.58. The zero-order valence-corrected chi connectivity index (χ0v) is 24.0. The Kier molecular flexibility index (Phi) is 12.4. The van der Waals surface area contributed by atoms with E-state index in [2.05, 4.69) is 49.0 Å². The molecule has 0 radical (unpaired) electrons. The van der Waals surface area contributed by atoms with E-state index in [1.54, 1.807) is 0 Å². The highest BCUT2D eigenvalue weighted by molar-refractivity contribution is 7.85. The van der Waals surface area contributed by atoms with Crippen LogP contribution in [0.25, 0.3) is 10.9 Å². The van der Waals surface area contributed by atoms with Gasteiger partial charge in [0, 0.05) is 34.4 Å². The highest BCUT2D eigenvalue weighted by Crippen LogP contribution is 2.30. The van der Waals surface area contributed by atoms with Gasteiger partial charge in [0.1, 0.15) is 5.82 Å². The van der Waals surface area contributed by atoms with Crippen molar-refractivity contribution in [1.29, 1.82) is 0 Å². The van der Waals surface area contributed by atoms with E-state index in [9.17, 15) is 17.6 Å². The van der Waals surface area contributed by atoms with E-state index in [-0.39, 0.29) is 11.7 Å². The summed E-state index contributed by atoms with van der Waals surface area (Å²) < 4.78 is 39.1. The van der Waals surface area contributed by atoms with Crippen molar-refractivity contribution in [2.45, 2.75) is 65.7 Å². The second kappa shape index (κ2) is 15.0. The number of benzene rings is 2. The molecular formula is C29H42FN3O4S. The number of hydrogen-bond acceptors (Lipinski definition) is 4. The van der Waals surface area contributed by atoms with E-state index in [1.807, 2.05) is 12.1 Å². The van der Waals surface area contributed by atoms with Crippen LogP contribution >= 0.6 is 0 Å². The van der Waals surface area contributed by atoms with Crippen LogP contribution in [0.4, 0.5) is 10.1 Å². The van der Waals surface area contributed by atoms with E-state index >= 15 is 0 Å². The number of anilines is 1. The Balaban J connectivity index is 0.000000926. The third-order valence-electron chi connectivity index (χ3n) is 6.21. The standard InChI is InChI=1S/C28H38FN3O.CH4O3S/c1-5-7-16-32(17-8-6-2)18-15-24-25-19-23(13-14-26(25)31-27(24)20(3)4)30-28(33)21-9-11-22(29)12-10-21;1-5(2,3)4/h9-14,19-20,31H,5-8,15-18H2,1-4H3,(H,30,33);1H3,(H,2,3,4). The number of amides is 1. The Morgan fingerprint density at radius 2 is 1.61 bits per heavy atom. The van der Waals surface area contributed by atoms with E-state index < -0.39 is 10.1 Å². The van der Waals surface area contributed by atoms with Gasteiger partial charge in [-0.25, -0.2) is 4.39 Å². The number of carbonyl (C=O) groups is 1. The van der Waals surface area contributed by atoms with Crippen molar-refractivity contribution in [2.75, 3.05) is 31.2 Å². The third kappa shape index (κ3) is 10.6. The lowest BCUT2D eigenvalue weighted by atomic mass is 10.00. The van der Waals surface area contributed by atoms with Crippen molar-refractivity contribution in [3.63, 3.8) is 0 Å². The largest absolute Gasteiger partial charge is 0.358 e. The van der Waals surface area contributed by atoms with Crippen molar-refractivity contribution in [1.82, 2.24) is 9.88 Å². The Bertz CT molecular complexity index is 1250. The van der Waals surface area contributed by atoms with E-state index in [1.165, 1.54) is 66.6 Å². The maximum atomic E-state index is 13.2. The third-order valence-corrected chi connectivity index (χ3v) is 6.21. The molecule has 3 rings (SSSR count). The molecule has 9 heteroatoms. The van der Waals surface area contributed by atoms with Crippen LogP contribution < -0.4 is 5.32 Å². The van der Waals surface area contributed by atoms with Crippen LogP contribution in [0.2, 0.25) is 0 Å². The summed E-state index contributed by atoms with van der Waals surface area (Å²) in [5.41, 5.74) is 4.91. The van der Waals surface area contributed by atoms with Crippen LogP contribution in [0.1, 0.15) is 80.9 Å². The first kappa shape index (κ1) is 31.5. The van der Waals surface area contributed by atoms with E-state index in [0.29, 0.717) is 17.7 Å². The topological polar surface area (TPSA) is 103 Å². The van der Waals surface area contributed by atoms with Gasteiger partial charge in [-0.05, 0) is 86.3 Å². The van der Waals surface area contributed by atoms with Gasteiger partial charge in [0.15, 0.2) is 0 Å². The zero-order valence-electron chi connectivity index (χ0n) is 23.2. The highest BCUT2D eigenvalue weighted by Gasteiger charge is 2.17. The number of rotatable bonds is 12. The molecule has 0 aliphatic carbocycles. The molecule has 0 fully saturated rings. The molecule has 3 N–H and O–H groups in total. The number of fused-ring (bicyclic) bond motifs is 1. The first-order chi connectivity index (χ1) is 17.9. The maximum absolute atomic E-state index is 13.2. The Morgan fingerprint density at radius 3 is 2.13 bits per heavy atom. The van der Waals surface area contributed by atoms with Crippen LogP contribution in [-0.2, 0) is 16.5 Å². The number of aromatic amines is 1. The number of carbonyl (C=O) groups excluding carboxylic acids is 1. The second-order valence-corrected chi connectivity index (χ2v) is 11.4. The Labute approximate surface area is 226 Å². The van der Waals surface area contributed by atoms with Gasteiger partial charge in [0.2, 0.25) is 0 Å². The second-order valence-electron chi connectivity index (χ2n) is 9.93. The molecule has 1 aromatic heterocycles. The average molecular weight is 548 g/mol. The summed E-state index contributed by atoms with van der Waals surface area (Å²) in [6, 6.07) is 11.6. The lowest BCUT2D eigenvalue weighted by molar-refractivity contribution is 0.102. The van der Waals surface area contributed by atoms with E-state index in [4.69, 9.17) is 4.55 Å². The molecule has 0 aliphatic heterocycles. The molecular weight excluding hydrogens is 505 g/mol. The first-order valence-corrected chi connectivity index (χ1v) is 15.1. The summed E-state index contributed by atoms with van der Waals surface area (Å²) in [6.45, 7) is 12.3. The summed E-state index contributed by atoms with van der Waals surface area (Å²) in [7, 11) is -3.67. The van der Waals surface area contributed by atoms with Crippen LogP contribution in [0.5, 0.6) is 0 Å². The van der Waals surface area contributed by atoms with Crippen molar-refractivity contribution >= 4 is 32.6 Å². The number of aromatic nitrogens is 1. The van der Waals surface area contributed by atoms with Gasteiger partial charge in [0.05, 0.1) is 6.26 Å². The number of halogens is 1. The normalized spacial score (nSPS) is 11.6. The van der Waals surface area contributed by atoms with Gasteiger partial charge in [-0.1, -0.05) is 40.5 Å². The summed E-state index contributed by atoms with van der Waals surface area (Å²) in [5, 5.41) is 4.14. The first-order valence-electron chi connectivity index (χ1n) is 13.3. The molecule has 0 unspecified atom stereocenters. The van der Waals surface area contributed by atoms with Crippen LogP contribution in [0.3, 0.4) is 0 Å². The highest BCUT2D eigenvalue weighted by atomic mass is 32.2. The van der Waals surface area contributed by atoms with Gasteiger partial charge in [-0.3, -0.25) is 9.35 Å². The van der Waals surface area contributed by atoms with Crippen molar-refractivity contribution in [3.05, 3.63) is 65.1 Å². The van der Waals surface area contributed by atoms with Crippen molar-refractivity contribution < 1.29 is 22.2 Å². The van der Waals surface area contributed by atoms with Crippen LogP contribution in [0.15, 0.2) is 42.5 Å². The minimum Gasteiger partial charge on any atom is -0.358 e. The molecule has 0 saturated carbocycles.